The predicted octanol–water partition coefficient (Wildman–Crippen LogP) is 1.87. The molecule has 2 aliphatic heterocycles. The van der Waals surface area contributed by atoms with Crippen LogP contribution in [0.25, 0.3) is 0 Å². The van der Waals surface area contributed by atoms with Gasteiger partial charge in [0, 0.05) is 37.3 Å². The zero-order valence-electron chi connectivity index (χ0n) is 19.4. The second kappa shape index (κ2) is 9.72. The number of hydrogen-bond donors (Lipinski definition) is 4. The highest BCUT2D eigenvalue weighted by molar-refractivity contribution is 5.78. The maximum Gasteiger partial charge on any atom is 0.573 e. The van der Waals surface area contributed by atoms with E-state index in [1.165, 1.54) is 0 Å². The van der Waals surface area contributed by atoms with E-state index in [0.29, 0.717) is 30.0 Å². The lowest BCUT2D eigenvalue weighted by molar-refractivity contribution is -0.275. The van der Waals surface area contributed by atoms with E-state index in [0.717, 1.165) is 57.0 Å². The third-order valence-corrected chi connectivity index (χ3v) is 7.58. The van der Waals surface area contributed by atoms with Crippen molar-refractivity contribution in [3.63, 3.8) is 0 Å². The van der Waals surface area contributed by atoms with Crippen molar-refractivity contribution in [3.8, 4) is 11.5 Å². The molecule has 12 heteroatoms. The van der Waals surface area contributed by atoms with E-state index < -0.39 is 17.9 Å². The first-order valence-electron chi connectivity index (χ1n) is 12.1. The number of carbonyl (C=O) groups excluding carboxylic acids is 1. The molecule has 3 saturated carbocycles. The van der Waals surface area contributed by atoms with Gasteiger partial charge in [-0.2, -0.15) is 0 Å². The molecule has 5 aliphatic rings. The normalized spacial score (nSPS) is 34.6. The highest BCUT2D eigenvalue weighted by atomic mass is 19.4. The number of ether oxygens (including phenoxy) is 2. The Balaban J connectivity index is 1.11. The van der Waals surface area contributed by atoms with Gasteiger partial charge >= 0.3 is 6.36 Å². The Bertz CT molecular complexity index is 929. The summed E-state index contributed by atoms with van der Waals surface area (Å²) in [6.45, 7) is 3.73. The largest absolute Gasteiger partial charge is 0.573 e. The maximum atomic E-state index is 13.8. The molecule has 3 aliphatic carbocycles. The average Bonchev–Trinajstić information content (AvgIpc) is 3.13. The van der Waals surface area contributed by atoms with Gasteiger partial charge in [0.2, 0.25) is 0 Å². The monoisotopic (exact) mass is 501 g/mol. The van der Waals surface area contributed by atoms with Crippen LogP contribution in [-0.2, 0) is 4.79 Å². The van der Waals surface area contributed by atoms with Crippen molar-refractivity contribution in [2.75, 3.05) is 19.7 Å². The summed E-state index contributed by atoms with van der Waals surface area (Å²) in [6.07, 6.45) is -0.771. The lowest BCUT2D eigenvalue weighted by Gasteiger charge is -2.53. The van der Waals surface area contributed by atoms with Gasteiger partial charge in [0.1, 0.15) is 5.75 Å². The zero-order valence-corrected chi connectivity index (χ0v) is 19.4. The quantitative estimate of drug-likeness (QED) is 0.425. The molecule has 5 unspecified atom stereocenters. The first-order chi connectivity index (χ1) is 16.6. The number of fused-ring (bicyclic) bond motifs is 3. The Morgan fingerprint density at radius 3 is 2.69 bits per heavy atom. The molecular weight excluding hydrogens is 470 g/mol. The number of hydrogen-bond acceptors (Lipinski definition) is 7. The molecule has 6 rings (SSSR count). The van der Waals surface area contributed by atoms with Crippen molar-refractivity contribution in [1.29, 1.82) is 0 Å². The molecule has 0 radical (unpaired) electrons. The minimum Gasteiger partial charge on any atom is -0.484 e. The number of rotatable bonds is 7. The fourth-order valence-electron chi connectivity index (χ4n) is 5.93. The Labute approximate surface area is 201 Å². The van der Waals surface area contributed by atoms with Crippen molar-refractivity contribution < 1.29 is 31.8 Å². The molecule has 0 aromatic heterocycles. The van der Waals surface area contributed by atoms with Crippen LogP contribution in [0.5, 0.6) is 11.5 Å². The molecule has 0 spiro atoms. The number of piperazine rings is 1. The third kappa shape index (κ3) is 5.65. The predicted molar refractivity (Wildman–Crippen MR) is 118 cm³/mol. The molecule has 1 aromatic rings. The van der Waals surface area contributed by atoms with Crippen LogP contribution in [0.15, 0.2) is 18.2 Å². The number of alkyl halides is 3. The molecule has 194 valence electrons. The Morgan fingerprint density at radius 2 is 1.94 bits per heavy atom. The van der Waals surface area contributed by atoms with E-state index >= 15 is 0 Å². The van der Waals surface area contributed by atoms with Gasteiger partial charge in [0.25, 0.3) is 5.91 Å². The summed E-state index contributed by atoms with van der Waals surface area (Å²) in [5.74, 6) is -1.52. The fraction of sp³-hybridized carbons (Fsp3) is 0.696. The Hall–Kier alpha value is -2.15. The van der Waals surface area contributed by atoms with Gasteiger partial charge in [-0.15, -0.1) is 13.2 Å². The topological polar surface area (TPSA) is 86.9 Å². The molecular formula is C23H31F4N5O3. The standard InChI is InChI=1S/C23H31F4N5O3/c1-12-6-19-22(28-4-5-32(19)31-12)30-18-10-17(13-7-14(18)8-13)29-21(33)11-34-15-2-3-20(16(24)9-15)35-23(25,26)27/h2-3,9,12-14,17-19,22,28,30-31H,4-8,10-11H2,1H3,(H,29,33). The van der Waals surface area contributed by atoms with Crippen LogP contribution >= 0.6 is 0 Å². The van der Waals surface area contributed by atoms with Crippen molar-refractivity contribution in [1.82, 2.24) is 26.4 Å². The van der Waals surface area contributed by atoms with Gasteiger partial charge < -0.3 is 14.8 Å². The van der Waals surface area contributed by atoms with Crippen LogP contribution in [0.1, 0.15) is 32.6 Å². The van der Waals surface area contributed by atoms with E-state index in [-0.39, 0.29) is 30.5 Å². The van der Waals surface area contributed by atoms with Crippen molar-refractivity contribution in [2.24, 2.45) is 11.8 Å². The molecule has 8 nitrogen and oxygen atoms in total. The van der Waals surface area contributed by atoms with Gasteiger partial charge in [-0.05, 0) is 56.6 Å². The molecule has 1 amide bonds. The molecule has 35 heavy (non-hydrogen) atoms. The molecule has 2 heterocycles. The van der Waals surface area contributed by atoms with E-state index in [1.807, 2.05) is 0 Å². The second-order valence-corrected chi connectivity index (χ2v) is 10.1. The van der Waals surface area contributed by atoms with Crippen LogP contribution in [0.4, 0.5) is 17.6 Å². The lowest BCUT2D eigenvalue weighted by atomic mass is 9.60. The number of nitrogens with zero attached hydrogens (tertiary/aromatic N) is 1. The summed E-state index contributed by atoms with van der Waals surface area (Å²) in [6, 6.07) is 3.90. The number of benzene rings is 1. The number of amides is 1. The minimum atomic E-state index is -4.99. The van der Waals surface area contributed by atoms with E-state index in [9.17, 15) is 22.4 Å². The van der Waals surface area contributed by atoms with E-state index in [1.54, 1.807) is 0 Å². The second-order valence-electron chi connectivity index (χ2n) is 10.1. The van der Waals surface area contributed by atoms with E-state index in [4.69, 9.17) is 4.74 Å². The van der Waals surface area contributed by atoms with Gasteiger partial charge in [-0.1, -0.05) is 0 Å². The van der Waals surface area contributed by atoms with Crippen LogP contribution in [-0.4, -0.2) is 67.3 Å². The summed E-state index contributed by atoms with van der Waals surface area (Å²) in [7, 11) is 0. The zero-order chi connectivity index (χ0) is 24.7. The Kier molecular flexibility index (Phi) is 6.81. The van der Waals surface area contributed by atoms with Crippen molar-refractivity contribution in [3.05, 3.63) is 24.0 Å². The molecule has 2 bridgehead atoms. The number of halogens is 4. The molecule has 2 saturated heterocycles. The van der Waals surface area contributed by atoms with Crippen molar-refractivity contribution in [2.45, 2.75) is 69.3 Å². The SMILES string of the molecule is CC1CC2C(NC3CC(NC(=O)COc4ccc(OC(F)(F)F)c(F)c4)C4CC3C4)NCCN2N1. The minimum absolute atomic E-state index is 0.0215. The third-order valence-electron chi connectivity index (χ3n) is 7.58. The summed E-state index contributed by atoms with van der Waals surface area (Å²) < 4.78 is 59.6. The highest BCUT2D eigenvalue weighted by Gasteiger charge is 2.48. The smallest absolute Gasteiger partial charge is 0.484 e. The Morgan fingerprint density at radius 1 is 1.17 bits per heavy atom. The maximum absolute atomic E-state index is 13.8. The summed E-state index contributed by atoms with van der Waals surface area (Å²) in [4.78, 5) is 12.5. The highest BCUT2D eigenvalue weighted by Crippen LogP contribution is 2.46. The van der Waals surface area contributed by atoms with Crippen LogP contribution in [0.2, 0.25) is 0 Å². The first-order valence-corrected chi connectivity index (χ1v) is 12.1. The number of carbonyl (C=O) groups is 1. The van der Waals surface area contributed by atoms with Crippen LogP contribution < -0.4 is 30.8 Å². The van der Waals surface area contributed by atoms with Gasteiger partial charge in [0.15, 0.2) is 18.2 Å². The molecule has 4 N–H and O–H groups in total. The molecule has 5 fully saturated rings. The molecule has 1 aromatic carbocycles. The fourth-order valence-corrected chi connectivity index (χ4v) is 5.93. The number of hydrazine groups is 1. The van der Waals surface area contributed by atoms with E-state index in [2.05, 4.69) is 38.0 Å². The van der Waals surface area contributed by atoms with Gasteiger partial charge in [0.05, 0.1) is 12.2 Å². The summed E-state index contributed by atoms with van der Waals surface area (Å²) >= 11 is 0. The summed E-state index contributed by atoms with van der Waals surface area (Å²) in [5.41, 5.74) is 3.52. The lowest BCUT2D eigenvalue weighted by Crippen LogP contribution is -2.68. The first kappa shape index (κ1) is 24.5. The number of nitrogens with one attached hydrogen (secondary N) is 4. The van der Waals surface area contributed by atoms with Crippen LogP contribution in [0, 0.1) is 17.7 Å². The summed E-state index contributed by atoms with van der Waals surface area (Å²) in [5, 5.41) is 12.8. The van der Waals surface area contributed by atoms with Gasteiger partial charge in [-0.25, -0.2) is 9.40 Å². The van der Waals surface area contributed by atoms with Crippen molar-refractivity contribution >= 4 is 5.91 Å². The van der Waals surface area contributed by atoms with Crippen LogP contribution in [0.3, 0.4) is 0 Å². The van der Waals surface area contributed by atoms with Gasteiger partial charge in [-0.3, -0.25) is 20.9 Å². The molecule has 5 atom stereocenters. The average molecular weight is 502 g/mol.